The molecule has 0 N–H and O–H groups in total. The molecule has 0 spiro atoms. The average molecular weight is 417 g/mol. The van der Waals surface area contributed by atoms with Gasteiger partial charge in [-0.1, -0.05) is 0 Å². The summed E-state index contributed by atoms with van der Waals surface area (Å²) >= 11 is 6.38. The molecule has 2 aromatic heterocycles. The van der Waals surface area contributed by atoms with Gasteiger partial charge in [-0.15, -0.1) is 0 Å². The number of nitrogens with zero attached hydrogens (tertiary/aromatic N) is 3. The van der Waals surface area contributed by atoms with E-state index in [1.54, 1.807) is 24.3 Å². The van der Waals surface area contributed by atoms with E-state index in [-0.39, 0.29) is 0 Å². The Morgan fingerprint density at radius 1 is 1.24 bits per heavy atom. The first-order chi connectivity index (χ1) is 10.0. The molecule has 2 aromatic rings. The van der Waals surface area contributed by atoms with Crippen molar-refractivity contribution in [3.63, 3.8) is 0 Å². The van der Waals surface area contributed by atoms with E-state index < -0.39 is 6.97 Å². The number of hydrogen-bond donors (Lipinski definition) is 0. The van der Waals surface area contributed by atoms with E-state index in [4.69, 9.17) is 4.42 Å². The standard InChI is InChI=1S/C12H6BBr2F2N3O/c14-9-3-1-7-11(12-18-5-6-21-12)8-2-4-10(15)20(8)13(16,17)19(7)9/h1-6H. The van der Waals surface area contributed by atoms with E-state index in [2.05, 4.69) is 36.8 Å². The first-order valence-corrected chi connectivity index (χ1v) is 7.64. The number of halogens is 4. The van der Waals surface area contributed by atoms with Gasteiger partial charge in [-0.25, -0.2) is 4.98 Å². The van der Waals surface area contributed by atoms with Crippen LogP contribution in [0.5, 0.6) is 0 Å². The predicted octanol–water partition coefficient (Wildman–Crippen LogP) is 3.61. The van der Waals surface area contributed by atoms with Crippen LogP contribution in [0.25, 0.3) is 5.57 Å². The largest absolute Gasteiger partial charge is 0.738 e. The summed E-state index contributed by atoms with van der Waals surface area (Å²) in [5, 5.41) is 0. The van der Waals surface area contributed by atoms with Crippen molar-refractivity contribution >= 4 is 49.0 Å². The summed E-state index contributed by atoms with van der Waals surface area (Å²) in [5.41, 5.74) is 1.27. The number of rotatable bonds is 1. The van der Waals surface area contributed by atoms with Crippen LogP contribution in [-0.2, 0) is 0 Å². The predicted molar refractivity (Wildman–Crippen MR) is 81.4 cm³/mol. The fraction of sp³-hybridized carbons (Fsp3) is 0. The average Bonchev–Trinajstić information content (AvgIpc) is 3.11. The van der Waals surface area contributed by atoms with Crippen molar-refractivity contribution in [1.82, 2.24) is 9.46 Å². The molecule has 2 aliphatic rings. The van der Waals surface area contributed by atoms with Gasteiger partial charge in [-0.05, 0) is 28.1 Å². The van der Waals surface area contributed by atoms with E-state index in [0.29, 0.717) is 32.1 Å². The van der Waals surface area contributed by atoms with E-state index >= 15 is 0 Å². The molecule has 21 heavy (non-hydrogen) atoms. The fourth-order valence-corrected chi connectivity index (χ4v) is 3.84. The second kappa shape index (κ2) is 4.26. The minimum Gasteiger partial charge on any atom is -0.444 e. The third-order valence-electron chi connectivity index (χ3n) is 3.52. The maximum atomic E-state index is 14.9. The Bertz CT molecular complexity index is 852. The van der Waals surface area contributed by atoms with Gasteiger partial charge in [-0.3, -0.25) is 0 Å². The lowest BCUT2D eigenvalue weighted by Gasteiger charge is -2.31. The zero-order valence-electron chi connectivity index (χ0n) is 10.3. The summed E-state index contributed by atoms with van der Waals surface area (Å²) in [4.78, 5) is 4.11. The normalized spacial score (nSPS) is 19.2. The Kier molecular flexibility index (Phi) is 2.68. The number of fused-ring (bicyclic) bond motifs is 2. The van der Waals surface area contributed by atoms with Crippen LogP contribution in [0.2, 0.25) is 0 Å². The topological polar surface area (TPSA) is 34.0 Å². The summed E-state index contributed by atoms with van der Waals surface area (Å²) in [6.45, 7) is -4.00. The van der Waals surface area contributed by atoms with E-state index in [1.165, 1.54) is 12.5 Å². The molecule has 4 nitrogen and oxygen atoms in total. The summed E-state index contributed by atoms with van der Waals surface area (Å²) in [5.74, 6) is 0.306. The molecule has 0 atom stereocenters. The molecule has 4 heterocycles. The molecule has 4 rings (SSSR count). The highest BCUT2D eigenvalue weighted by Crippen LogP contribution is 2.41. The molecule has 106 valence electrons. The quantitative estimate of drug-likeness (QED) is 0.665. The van der Waals surface area contributed by atoms with Crippen LogP contribution in [0.4, 0.5) is 8.63 Å². The summed E-state index contributed by atoms with van der Waals surface area (Å²) in [6.07, 6.45) is 6.13. The molecule has 2 aliphatic heterocycles. The summed E-state index contributed by atoms with van der Waals surface area (Å²) in [6, 6.07) is 3.22. The molecule has 0 radical (unpaired) electrons. The lowest BCUT2D eigenvalue weighted by atomic mass is 9.89. The maximum absolute atomic E-state index is 14.9. The number of allylic oxidation sites excluding steroid dienone is 2. The smallest absolute Gasteiger partial charge is 0.444 e. The second-order valence-electron chi connectivity index (χ2n) is 4.62. The van der Waals surface area contributed by atoms with Gasteiger partial charge in [0.15, 0.2) is 5.70 Å². The summed E-state index contributed by atoms with van der Waals surface area (Å²) < 4.78 is 37.6. The molecule has 0 saturated heterocycles. The van der Waals surface area contributed by atoms with Gasteiger partial charge in [0.05, 0.1) is 10.8 Å². The van der Waals surface area contributed by atoms with E-state index in [1.807, 2.05) is 0 Å². The van der Waals surface area contributed by atoms with Crippen molar-refractivity contribution in [2.75, 3.05) is 0 Å². The first-order valence-electron chi connectivity index (χ1n) is 6.05. The van der Waals surface area contributed by atoms with Gasteiger partial charge in [0, 0.05) is 33.8 Å². The Morgan fingerprint density at radius 2 is 2.05 bits per heavy atom. The van der Waals surface area contributed by atoms with Crippen molar-refractivity contribution < 1.29 is 17.5 Å². The minimum atomic E-state index is -4.00. The van der Waals surface area contributed by atoms with Crippen molar-refractivity contribution in [2.24, 2.45) is 0 Å². The van der Waals surface area contributed by atoms with Crippen LogP contribution in [0.15, 0.2) is 51.5 Å². The number of aromatic nitrogens is 2. The van der Waals surface area contributed by atoms with Crippen LogP contribution in [-0.4, -0.2) is 25.5 Å². The van der Waals surface area contributed by atoms with Crippen LogP contribution in [0.3, 0.4) is 0 Å². The third-order valence-corrected chi connectivity index (χ3v) is 4.81. The highest BCUT2D eigenvalue weighted by molar-refractivity contribution is 9.18. The second-order valence-corrected chi connectivity index (χ2v) is 6.25. The molecule has 0 saturated carbocycles. The SMILES string of the molecule is F[B-]1(F)n2c(Br)ccc2C(c2ncco2)=C2C=CC(Br)=[N+]21. The zero-order chi connectivity index (χ0) is 14.8. The van der Waals surface area contributed by atoms with E-state index in [0.717, 1.165) is 8.96 Å². The van der Waals surface area contributed by atoms with Gasteiger partial charge in [0.2, 0.25) is 10.5 Å². The number of hydrogen-bond acceptors (Lipinski definition) is 2. The molecule has 0 aliphatic carbocycles. The number of oxazole rings is 1. The molecule has 0 bridgehead atoms. The van der Waals surface area contributed by atoms with Crippen molar-refractivity contribution in [1.29, 1.82) is 0 Å². The van der Waals surface area contributed by atoms with Gasteiger partial charge in [0.1, 0.15) is 11.8 Å². The molecule has 0 aromatic carbocycles. The highest BCUT2D eigenvalue weighted by atomic mass is 79.9. The van der Waals surface area contributed by atoms with Crippen LogP contribution in [0, 0.1) is 0 Å². The van der Waals surface area contributed by atoms with Crippen LogP contribution < -0.4 is 0 Å². The molecule has 0 amide bonds. The van der Waals surface area contributed by atoms with Crippen LogP contribution >= 0.6 is 31.9 Å². The first kappa shape index (κ1) is 13.2. The van der Waals surface area contributed by atoms with Gasteiger partial charge < -0.3 is 22.0 Å². The van der Waals surface area contributed by atoms with Gasteiger partial charge in [-0.2, -0.15) is 0 Å². The van der Waals surface area contributed by atoms with Crippen molar-refractivity contribution in [3.8, 4) is 0 Å². The van der Waals surface area contributed by atoms with Crippen LogP contribution in [0.1, 0.15) is 11.6 Å². The lowest BCUT2D eigenvalue weighted by molar-refractivity contribution is -0.358. The lowest BCUT2D eigenvalue weighted by Crippen LogP contribution is -2.50. The zero-order valence-corrected chi connectivity index (χ0v) is 13.5. The molecule has 0 fully saturated rings. The molecular formula is C12H6BBr2F2N3O. The molecular weight excluding hydrogens is 411 g/mol. The summed E-state index contributed by atoms with van der Waals surface area (Å²) in [7, 11) is 0. The Balaban J connectivity index is 2.14. The van der Waals surface area contributed by atoms with Gasteiger partial charge in [0.25, 0.3) is 0 Å². The van der Waals surface area contributed by atoms with Crippen molar-refractivity contribution in [2.45, 2.75) is 0 Å². The van der Waals surface area contributed by atoms with Crippen molar-refractivity contribution in [3.05, 3.63) is 58.6 Å². The van der Waals surface area contributed by atoms with Gasteiger partial charge >= 0.3 is 6.97 Å². The Morgan fingerprint density at radius 3 is 2.76 bits per heavy atom. The molecule has 9 heteroatoms. The Labute approximate surface area is 134 Å². The fourth-order valence-electron chi connectivity index (χ4n) is 2.70. The maximum Gasteiger partial charge on any atom is 0.738 e. The van der Waals surface area contributed by atoms with E-state index in [9.17, 15) is 8.63 Å². The monoisotopic (exact) mass is 415 g/mol. The Hall–Kier alpha value is -1.48. The highest BCUT2D eigenvalue weighted by Gasteiger charge is 2.54. The molecule has 0 unspecified atom stereocenters. The third kappa shape index (κ3) is 1.64. The minimum absolute atomic E-state index is 0.304.